The van der Waals surface area contributed by atoms with Crippen LogP contribution in [0.3, 0.4) is 0 Å². The van der Waals surface area contributed by atoms with Gasteiger partial charge in [-0.25, -0.2) is 8.42 Å². The molecule has 0 aromatic rings. The number of carbonyl (C=O) groups excluding carboxylic acids is 1. The minimum atomic E-state index is -3.23. The predicted molar refractivity (Wildman–Crippen MR) is 87.1 cm³/mol. The molecule has 1 amide bonds. The normalized spacial score (nSPS) is 31.1. The summed E-state index contributed by atoms with van der Waals surface area (Å²) in [6.07, 6.45) is 2.60. The molecule has 0 bridgehead atoms. The van der Waals surface area contributed by atoms with Crippen molar-refractivity contribution in [2.24, 2.45) is 5.41 Å². The van der Waals surface area contributed by atoms with E-state index in [4.69, 9.17) is 0 Å². The Morgan fingerprint density at radius 3 is 2.76 bits per heavy atom. The lowest BCUT2D eigenvalue weighted by Gasteiger charge is -2.43. The molecule has 2 fully saturated rings. The molecule has 0 aromatic carbocycles. The topological polar surface area (TPSA) is 66.5 Å². The zero-order valence-corrected chi connectivity index (χ0v) is 14.6. The Morgan fingerprint density at radius 1 is 1.43 bits per heavy atom. The zero-order valence-electron chi connectivity index (χ0n) is 12.9. The van der Waals surface area contributed by atoms with E-state index in [0.29, 0.717) is 18.8 Å². The standard InChI is InChI=1S/C14H26N2O3S2/c1-3-14(6-5-7-15-11-14)13(17)16-8-9-20-10-12(16)21(18,19)4-2/h12,15H,3-11H2,1-2H3. The number of carbonyl (C=O) groups is 1. The highest BCUT2D eigenvalue weighted by Gasteiger charge is 2.45. The van der Waals surface area contributed by atoms with Crippen molar-refractivity contribution in [3.63, 3.8) is 0 Å². The molecule has 2 aliphatic rings. The summed E-state index contributed by atoms with van der Waals surface area (Å²) in [5.41, 5.74) is -0.415. The van der Waals surface area contributed by atoms with Gasteiger partial charge in [-0.15, -0.1) is 0 Å². The molecule has 1 N–H and O–H groups in total. The third-order valence-electron chi connectivity index (χ3n) is 4.77. The molecule has 0 spiro atoms. The molecule has 21 heavy (non-hydrogen) atoms. The molecular weight excluding hydrogens is 308 g/mol. The van der Waals surface area contributed by atoms with Gasteiger partial charge in [-0.2, -0.15) is 11.8 Å². The van der Waals surface area contributed by atoms with Crippen LogP contribution in [0, 0.1) is 5.41 Å². The van der Waals surface area contributed by atoms with Crippen molar-refractivity contribution in [2.45, 2.75) is 38.5 Å². The van der Waals surface area contributed by atoms with Gasteiger partial charge in [0.25, 0.3) is 0 Å². The maximum Gasteiger partial charge on any atom is 0.231 e. The molecule has 2 rings (SSSR count). The van der Waals surface area contributed by atoms with Gasteiger partial charge in [0.15, 0.2) is 9.84 Å². The van der Waals surface area contributed by atoms with Crippen molar-refractivity contribution in [2.75, 3.05) is 36.9 Å². The van der Waals surface area contributed by atoms with E-state index >= 15 is 0 Å². The van der Waals surface area contributed by atoms with Crippen LogP contribution in [-0.4, -0.2) is 61.5 Å². The Bertz CT molecular complexity index is 473. The summed E-state index contributed by atoms with van der Waals surface area (Å²) in [5, 5.41) is 2.67. The smallest absolute Gasteiger partial charge is 0.231 e. The number of sulfone groups is 1. The molecule has 0 radical (unpaired) electrons. The third-order valence-corrected chi connectivity index (χ3v) is 8.05. The third kappa shape index (κ3) is 3.40. The van der Waals surface area contributed by atoms with E-state index in [1.807, 2.05) is 6.92 Å². The first-order valence-corrected chi connectivity index (χ1v) is 10.6. The van der Waals surface area contributed by atoms with Crippen LogP contribution < -0.4 is 5.32 Å². The first-order valence-electron chi connectivity index (χ1n) is 7.78. The molecule has 2 unspecified atom stereocenters. The van der Waals surface area contributed by atoms with Gasteiger partial charge >= 0.3 is 0 Å². The first-order chi connectivity index (χ1) is 9.97. The largest absolute Gasteiger partial charge is 0.323 e. The van der Waals surface area contributed by atoms with Crippen molar-refractivity contribution in [3.8, 4) is 0 Å². The van der Waals surface area contributed by atoms with Crippen LogP contribution in [-0.2, 0) is 14.6 Å². The van der Waals surface area contributed by atoms with Crippen molar-refractivity contribution in [1.82, 2.24) is 10.2 Å². The summed E-state index contributed by atoms with van der Waals surface area (Å²) >= 11 is 1.63. The van der Waals surface area contributed by atoms with Crippen LogP contribution in [0.25, 0.3) is 0 Å². The fraction of sp³-hybridized carbons (Fsp3) is 0.929. The lowest BCUT2D eigenvalue weighted by Crippen LogP contribution is -2.58. The van der Waals surface area contributed by atoms with Gasteiger partial charge in [0.1, 0.15) is 5.37 Å². The van der Waals surface area contributed by atoms with Crippen molar-refractivity contribution >= 4 is 27.5 Å². The van der Waals surface area contributed by atoms with Gasteiger partial charge in [-0.05, 0) is 25.8 Å². The van der Waals surface area contributed by atoms with E-state index in [1.165, 1.54) is 0 Å². The predicted octanol–water partition coefficient (Wildman–Crippen LogP) is 1.10. The second-order valence-electron chi connectivity index (χ2n) is 5.89. The average molecular weight is 335 g/mol. The molecule has 0 aromatic heterocycles. The monoisotopic (exact) mass is 334 g/mol. The fourth-order valence-electron chi connectivity index (χ4n) is 3.21. The summed E-state index contributed by atoms with van der Waals surface area (Å²) in [4.78, 5) is 14.7. The van der Waals surface area contributed by atoms with E-state index in [1.54, 1.807) is 23.6 Å². The number of hydrogen-bond acceptors (Lipinski definition) is 5. The Kier molecular flexibility index (Phi) is 5.59. The second kappa shape index (κ2) is 6.87. The molecule has 7 heteroatoms. The summed E-state index contributed by atoms with van der Waals surface area (Å²) in [7, 11) is -3.23. The van der Waals surface area contributed by atoms with E-state index in [-0.39, 0.29) is 11.7 Å². The van der Waals surface area contributed by atoms with Crippen LogP contribution in [0.2, 0.25) is 0 Å². The minimum Gasteiger partial charge on any atom is -0.323 e. The van der Waals surface area contributed by atoms with Crippen molar-refractivity contribution in [3.05, 3.63) is 0 Å². The van der Waals surface area contributed by atoms with Gasteiger partial charge in [-0.3, -0.25) is 4.79 Å². The maximum absolute atomic E-state index is 13.1. The molecule has 0 aliphatic carbocycles. The van der Waals surface area contributed by atoms with Gasteiger partial charge in [0.2, 0.25) is 5.91 Å². The Labute approximate surface area is 132 Å². The number of piperidine rings is 1. The van der Waals surface area contributed by atoms with Gasteiger partial charge < -0.3 is 10.2 Å². The highest BCUT2D eigenvalue weighted by Crippen LogP contribution is 2.35. The van der Waals surface area contributed by atoms with E-state index in [9.17, 15) is 13.2 Å². The van der Waals surface area contributed by atoms with E-state index in [0.717, 1.165) is 31.6 Å². The van der Waals surface area contributed by atoms with Crippen LogP contribution in [0.5, 0.6) is 0 Å². The molecule has 2 aliphatic heterocycles. The van der Waals surface area contributed by atoms with Crippen molar-refractivity contribution < 1.29 is 13.2 Å². The van der Waals surface area contributed by atoms with E-state index in [2.05, 4.69) is 5.32 Å². The molecule has 0 saturated carbocycles. The number of rotatable bonds is 4. The number of thioether (sulfide) groups is 1. The molecule has 2 atom stereocenters. The average Bonchev–Trinajstić information content (AvgIpc) is 2.54. The first kappa shape index (κ1) is 17.1. The highest BCUT2D eigenvalue weighted by molar-refractivity contribution is 8.01. The van der Waals surface area contributed by atoms with Gasteiger partial charge in [0.05, 0.1) is 5.41 Å². The Balaban J connectivity index is 2.26. The zero-order chi connectivity index (χ0) is 15.5. The SMILES string of the molecule is CCC1(C(=O)N2CCSCC2S(=O)(=O)CC)CCCNC1. The van der Waals surface area contributed by atoms with Crippen LogP contribution >= 0.6 is 11.8 Å². The fourth-order valence-corrected chi connectivity index (χ4v) is 6.18. The Morgan fingerprint density at radius 2 is 2.19 bits per heavy atom. The summed E-state index contributed by atoms with van der Waals surface area (Å²) in [6, 6.07) is 0. The molecule has 5 nitrogen and oxygen atoms in total. The lowest BCUT2D eigenvalue weighted by atomic mass is 9.77. The number of nitrogens with zero attached hydrogens (tertiary/aromatic N) is 1. The van der Waals surface area contributed by atoms with Crippen LogP contribution in [0.15, 0.2) is 0 Å². The van der Waals surface area contributed by atoms with E-state index < -0.39 is 20.6 Å². The maximum atomic E-state index is 13.1. The molecular formula is C14H26N2O3S2. The summed E-state index contributed by atoms with van der Waals surface area (Å²) in [6.45, 7) is 5.86. The number of amides is 1. The van der Waals surface area contributed by atoms with Crippen LogP contribution in [0.1, 0.15) is 33.1 Å². The Hall–Kier alpha value is -0.270. The molecule has 2 heterocycles. The minimum absolute atomic E-state index is 0.0412. The molecule has 122 valence electrons. The summed E-state index contributed by atoms with van der Waals surface area (Å²) in [5.74, 6) is 1.47. The van der Waals surface area contributed by atoms with Gasteiger partial charge in [-0.1, -0.05) is 13.8 Å². The molecule has 2 saturated heterocycles. The summed E-state index contributed by atoms with van der Waals surface area (Å²) < 4.78 is 24.6. The second-order valence-corrected chi connectivity index (χ2v) is 9.49. The number of nitrogens with one attached hydrogen (secondary N) is 1. The highest BCUT2D eigenvalue weighted by atomic mass is 32.2. The van der Waals surface area contributed by atoms with Crippen LogP contribution in [0.4, 0.5) is 0 Å². The lowest BCUT2D eigenvalue weighted by molar-refractivity contribution is -0.144. The van der Waals surface area contributed by atoms with Crippen molar-refractivity contribution in [1.29, 1.82) is 0 Å². The quantitative estimate of drug-likeness (QED) is 0.834. The number of hydrogen-bond donors (Lipinski definition) is 1. The van der Waals surface area contributed by atoms with Gasteiger partial charge in [0, 0.05) is 30.3 Å².